The molecule has 1 saturated carbocycles. The molecule has 0 bridgehead atoms. The summed E-state index contributed by atoms with van der Waals surface area (Å²) in [7, 11) is 1.46. The number of aromatic nitrogens is 2. The van der Waals surface area contributed by atoms with Gasteiger partial charge in [0.05, 0.1) is 28.7 Å². The van der Waals surface area contributed by atoms with E-state index in [0.717, 1.165) is 29.4 Å². The van der Waals surface area contributed by atoms with Gasteiger partial charge in [-0.2, -0.15) is 0 Å². The number of non-ortho nitro benzene ring substituents is 1. The summed E-state index contributed by atoms with van der Waals surface area (Å²) in [6, 6.07) is 4.56. The Morgan fingerprint density at radius 1 is 1.33 bits per heavy atom. The van der Waals surface area contributed by atoms with Gasteiger partial charge in [0.15, 0.2) is 5.16 Å². The molecule has 1 aliphatic carbocycles. The average molecular weight is 433 g/mol. The monoisotopic (exact) mass is 432 g/mol. The number of carbonyl (C=O) groups is 1. The Morgan fingerprint density at radius 3 is 2.67 bits per heavy atom. The molecule has 1 aromatic carbocycles. The quantitative estimate of drug-likeness (QED) is 0.374. The van der Waals surface area contributed by atoms with Crippen LogP contribution in [-0.4, -0.2) is 32.7 Å². The number of nitrogens with zero attached hydrogens (tertiary/aromatic N) is 3. The fourth-order valence-corrected chi connectivity index (χ4v) is 4.87. The zero-order chi connectivity index (χ0) is 21.8. The standard InChI is InChI=1S/C21H28N4O4S/c1-13-14(2)24(16-8-6-5-7-9-16)21(22-13)30-15(3)20(26)23-18-12-17(25(27)28)10-11-19(18)29-4/h10-12,15-16H,5-9H2,1-4H3,(H,23,26). The molecule has 3 rings (SSSR count). The van der Waals surface area contributed by atoms with Crippen molar-refractivity contribution in [2.24, 2.45) is 0 Å². The molecule has 1 unspecified atom stereocenters. The summed E-state index contributed by atoms with van der Waals surface area (Å²) in [5, 5.41) is 14.3. The van der Waals surface area contributed by atoms with Gasteiger partial charge >= 0.3 is 0 Å². The molecule has 0 saturated heterocycles. The molecule has 1 aliphatic rings. The normalized spacial score (nSPS) is 15.6. The van der Waals surface area contributed by atoms with Gasteiger partial charge in [0, 0.05) is 23.9 Å². The molecule has 0 radical (unpaired) electrons. The minimum absolute atomic E-state index is 0.106. The van der Waals surface area contributed by atoms with E-state index in [0.29, 0.717) is 11.8 Å². The third-order valence-electron chi connectivity index (χ3n) is 5.60. The highest BCUT2D eigenvalue weighted by atomic mass is 32.2. The first-order chi connectivity index (χ1) is 14.3. The molecule has 8 nitrogen and oxygen atoms in total. The van der Waals surface area contributed by atoms with Crippen LogP contribution < -0.4 is 10.1 Å². The number of hydrogen-bond donors (Lipinski definition) is 1. The van der Waals surface area contributed by atoms with Crippen LogP contribution in [0, 0.1) is 24.0 Å². The number of nitro groups is 1. The minimum atomic E-state index is -0.500. The Morgan fingerprint density at radius 2 is 2.03 bits per heavy atom. The molecule has 1 N–H and O–H groups in total. The van der Waals surface area contributed by atoms with Crippen molar-refractivity contribution in [1.29, 1.82) is 0 Å². The first-order valence-corrected chi connectivity index (χ1v) is 11.0. The van der Waals surface area contributed by atoms with E-state index in [2.05, 4.69) is 16.8 Å². The van der Waals surface area contributed by atoms with Gasteiger partial charge in [-0.25, -0.2) is 4.98 Å². The molecule has 1 heterocycles. The van der Waals surface area contributed by atoms with Gasteiger partial charge in [0.25, 0.3) is 5.69 Å². The van der Waals surface area contributed by atoms with E-state index in [-0.39, 0.29) is 17.3 Å². The Kier molecular flexibility index (Phi) is 7.02. The Hall–Kier alpha value is -2.55. The number of nitrogens with one attached hydrogen (secondary N) is 1. The molecule has 1 atom stereocenters. The largest absolute Gasteiger partial charge is 0.495 e. The fraction of sp³-hybridized carbons (Fsp3) is 0.524. The third kappa shape index (κ3) is 4.77. The van der Waals surface area contributed by atoms with Crippen LogP contribution in [0.25, 0.3) is 0 Å². The molecule has 30 heavy (non-hydrogen) atoms. The molecular weight excluding hydrogens is 404 g/mol. The number of imidazole rings is 1. The maximum absolute atomic E-state index is 12.9. The molecule has 0 aliphatic heterocycles. The summed E-state index contributed by atoms with van der Waals surface area (Å²) in [6.07, 6.45) is 5.98. The summed E-state index contributed by atoms with van der Waals surface area (Å²) >= 11 is 1.42. The summed E-state index contributed by atoms with van der Waals surface area (Å²) in [6.45, 7) is 5.89. The van der Waals surface area contributed by atoms with Crippen molar-refractivity contribution in [3.8, 4) is 5.75 Å². The van der Waals surface area contributed by atoms with Gasteiger partial charge in [-0.3, -0.25) is 14.9 Å². The number of nitro benzene ring substituents is 1. The van der Waals surface area contributed by atoms with E-state index in [1.807, 2.05) is 13.8 Å². The molecular formula is C21H28N4O4S. The molecule has 2 aromatic rings. The maximum atomic E-state index is 12.9. The van der Waals surface area contributed by atoms with Crippen molar-refractivity contribution in [2.45, 2.75) is 69.3 Å². The van der Waals surface area contributed by atoms with Crippen LogP contribution in [0.1, 0.15) is 56.5 Å². The molecule has 0 spiro atoms. The van der Waals surface area contributed by atoms with Crippen LogP contribution in [0.4, 0.5) is 11.4 Å². The van der Waals surface area contributed by atoms with Crippen LogP contribution in [-0.2, 0) is 4.79 Å². The Balaban J connectivity index is 1.78. The zero-order valence-corrected chi connectivity index (χ0v) is 18.6. The van der Waals surface area contributed by atoms with E-state index in [4.69, 9.17) is 9.72 Å². The lowest BCUT2D eigenvalue weighted by Crippen LogP contribution is -2.24. The van der Waals surface area contributed by atoms with Crippen molar-refractivity contribution in [3.05, 3.63) is 39.7 Å². The first-order valence-electron chi connectivity index (χ1n) is 10.2. The second kappa shape index (κ2) is 9.51. The highest BCUT2D eigenvalue weighted by molar-refractivity contribution is 8.00. The predicted molar refractivity (Wildman–Crippen MR) is 117 cm³/mol. The van der Waals surface area contributed by atoms with Crippen LogP contribution in [0.3, 0.4) is 0 Å². The maximum Gasteiger partial charge on any atom is 0.271 e. The second-order valence-corrected chi connectivity index (χ2v) is 8.93. The summed E-state index contributed by atoms with van der Waals surface area (Å²) in [5.41, 5.74) is 2.31. The van der Waals surface area contributed by atoms with Gasteiger partial charge < -0.3 is 14.6 Å². The molecule has 1 amide bonds. The SMILES string of the molecule is COc1ccc([N+](=O)[O-])cc1NC(=O)C(C)Sc1nc(C)c(C)n1C1CCCCC1. The van der Waals surface area contributed by atoms with Gasteiger partial charge in [-0.15, -0.1) is 0 Å². The van der Waals surface area contributed by atoms with Crippen LogP contribution in [0.5, 0.6) is 5.75 Å². The number of benzene rings is 1. The van der Waals surface area contributed by atoms with E-state index in [1.54, 1.807) is 0 Å². The highest BCUT2D eigenvalue weighted by Gasteiger charge is 2.25. The highest BCUT2D eigenvalue weighted by Crippen LogP contribution is 2.36. The molecule has 1 fully saturated rings. The number of thioether (sulfide) groups is 1. The van der Waals surface area contributed by atoms with E-state index in [1.165, 1.54) is 56.3 Å². The number of anilines is 1. The third-order valence-corrected chi connectivity index (χ3v) is 6.66. The fourth-order valence-electron chi connectivity index (χ4n) is 3.80. The topological polar surface area (TPSA) is 99.3 Å². The zero-order valence-electron chi connectivity index (χ0n) is 17.8. The van der Waals surface area contributed by atoms with Gasteiger partial charge in [-0.1, -0.05) is 31.0 Å². The van der Waals surface area contributed by atoms with Crippen molar-refractivity contribution in [1.82, 2.24) is 9.55 Å². The molecule has 9 heteroatoms. The first kappa shape index (κ1) is 22.1. The van der Waals surface area contributed by atoms with E-state index >= 15 is 0 Å². The summed E-state index contributed by atoms with van der Waals surface area (Å²) in [4.78, 5) is 28.1. The van der Waals surface area contributed by atoms with Crippen LogP contribution in [0.15, 0.2) is 23.4 Å². The van der Waals surface area contributed by atoms with E-state index in [9.17, 15) is 14.9 Å². The van der Waals surface area contributed by atoms with Crippen molar-refractivity contribution >= 4 is 29.0 Å². The van der Waals surface area contributed by atoms with Crippen LogP contribution in [0.2, 0.25) is 0 Å². The number of amides is 1. The average Bonchev–Trinajstić information content (AvgIpc) is 3.01. The van der Waals surface area contributed by atoms with Crippen molar-refractivity contribution in [2.75, 3.05) is 12.4 Å². The van der Waals surface area contributed by atoms with Gasteiger partial charge in [-0.05, 0) is 39.7 Å². The Labute approximate surface area is 180 Å². The summed E-state index contributed by atoms with van der Waals surface area (Å²) < 4.78 is 7.52. The predicted octanol–water partition coefficient (Wildman–Crippen LogP) is 5.04. The Bertz CT molecular complexity index is 937. The lowest BCUT2D eigenvalue weighted by atomic mass is 9.95. The lowest BCUT2D eigenvalue weighted by Gasteiger charge is -2.26. The minimum Gasteiger partial charge on any atom is -0.495 e. The number of hydrogen-bond acceptors (Lipinski definition) is 6. The number of aryl methyl sites for hydroxylation is 1. The number of methoxy groups -OCH3 is 1. The summed E-state index contributed by atoms with van der Waals surface area (Å²) in [5.74, 6) is 0.119. The van der Waals surface area contributed by atoms with Gasteiger partial charge in [0.2, 0.25) is 5.91 Å². The van der Waals surface area contributed by atoms with Crippen molar-refractivity contribution in [3.63, 3.8) is 0 Å². The smallest absolute Gasteiger partial charge is 0.271 e. The molecule has 1 aromatic heterocycles. The van der Waals surface area contributed by atoms with Crippen LogP contribution >= 0.6 is 11.8 Å². The van der Waals surface area contributed by atoms with Gasteiger partial charge in [0.1, 0.15) is 5.75 Å². The van der Waals surface area contributed by atoms with Crippen molar-refractivity contribution < 1.29 is 14.5 Å². The number of carbonyl (C=O) groups excluding carboxylic acids is 1. The van der Waals surface area contributed by atoms with E-state index < -0.39 is 10.2 Å². The number of rotatable bonds is 7. The molecule has 162 valence electrons. The number of ether oxygens (including phenoxy) is 1. The second-order valence-electron chi connectivity index (χ2n) is 7.62. The lowest BCUT2D eigenvalue weighted by molar-refractivity contribution is -0.384.